The van der Waals surface area contributed by atoms with Gasteiger partial charge in [0, 0.05) is 18.7 Å². The summed E-state index contributed by atoms with van der Waals surface area (Å²) < 4.78 is 18.8. The number of phenols is 1. The van der Waals surface area contributed by atoms with E-state index >= 15 is 0 Å². The van der Waals surface area contributed by atoms with Crippen molar-refractivity contribution in [2.75, 3.05) is 36.6 Å². The third-order valence-electron chi connectivity index (χ3n) is 4.68. The molecule has 0 saturated carbocycles. The number of aromatic nitrogens is 2. The van der Waals surface area contributed by atoms with E-state index in [2.05, 4.69) is 26.6 Å². The van der Waals surface area contributed by atoms with E-state index in [-0.39, 0.29) is 17.5 Å². The van der Waals surface area contributed by atoms with Crippen LogP contribution in [-0.4, -0.2) is 47.6 Å². The first-order valence-corrected chi connectivity index (χ1v) is 9.63. The number of morpholine rings is 1. The van der Waals surface area contributed by atoms with Crippen LogP contribution in [0.2, 0.25) is 0 Å². The van der Waals surface area contributed by atoms with Gasteiger partial charge in [-0.1, -0.05) is 12.1 Å². The maximum absolute atomic E-state index is 13.4. The molecule has 8 nitrogen and oxygen atoms in total. The molecule has 9 heteroatoms. The van der Waals surface area contributed by atoms with E-state index in [1.54, 1.807) is 36.4 Å². The van der Waals surface area contributed by atoms with Gasteiger partial charge >= 0.3 is 0 Å². The second-order valence-corrected chi connectivity index (χ2v) is 6.78. The van der Waals surface area contributed by atoms with E-state index < -0.39 is 0 Å². The number of halogens is 1. The molecule has 0 spiro atoms. The summed E-state index contributed by atoms with van der Waals surface area (Å²) in [4.78, 5) is 10.9. The molecule has 2 heterocycles. The van der Waals surface area contributed by atoms with Crippen molar-refractivity contribution >= 4 is 18.0 Å². The van der Waals surface area contributed by atoms with Gasteiger partial charge in [-0.25, -0.2) is 14.8 Å². The topological polar surface area (TPSA) is 107 Å². The van der Waals surface area contributed by atoms with Gasteiger partial charge in [-0.2, -0.15) is 15.3 Å². The number of nitrogens with one attached hydrogen (secondary N) is 1. The van der Waals surface area contributed by atoms with Crippen molar-refractivity contribution in [3.63, 3.8) is 0 Å². The smallest absolute Gasteiger partial charge is 0.246 e. The fourth-order valence-electron chi connectivity index (χ4n) is 3.19. The molecular weight excluding hydrogens is 399 g/mol. The van der Waals surface area contributed by atoms with E-state index in [0.717, 1.165) is 0 Å². The summed E-state index contributed by atoms with van der Waals surface area (Å²) in [5.74, 6) is 0.414. The Labute approximate surface area is 178 Å². The van der Waals surface area contributed by atoms with Crippen molar-refractivity contribution < 1.29 is 14.2 Å². The minimum absolute atomic E-state index is 0.131. The van der Waals surface area contributed by atoms with Gasteiger partial charge in [0.2, 0.25) is 5.95 Å². The van der Waals surface area contributed by atoms with Crippen LogP contribution in [0.5, 0.6) is 5.75 Å². The Bertz CT molecular complexity index is 1140. The van der Waals surface area contributed by atoms with Gasteiger partial charge in [0.15, 0.2) is 5.82 Å². The van der Waals surface area contributed by atoms with Crippen LogP contribution in [0.25, 0.3) is 11.3 Å². The van der Waals surface area contributed by atoms with Crippen LogP contribution in [0.15, 0.2) is 53.6 Å². The average Bonchev–Trinajstić information content (AvgIpc) is 2.80. The van der Waals surface area contributed by atoms with E-state index in [9.17, 15) is 14.8 Å². The Kier molecular flexibility index (Phi) is 6.01. The standard InChI is InChI=1S/C22H19FN6O2/c23-17-6-4-16(5-7-17)20-19(13-24)21(29-8-10-31-11-9-29)27-22(26-20)28-25-14-15-2-1-3-18(30)12-15/h1-7,12,14,30H,8-11H2,(H,26,27,28)/b25-14+. The second kappa shape index (κ2) is 9.19. The molecule has 1 fully saturated rings. The number of aromatic hydroxyl groups is 1. The Hall–Kier alpha value is -4.03. The number of ether oxygens (including phenoxy) is 1. The highest BCUT2D eigenvalue weighted by Gasteiger charge is 2.22. The molecule has 0 radical (unpaired) electrons. The maximum atomic E-state index is 13.4. The molecule has 1 aliphatic heterocycles. The van der Waals surface area contributed by atoms with E-state index in [1.807, 2.05) is 4.90 Å². The lowest BCUT2D eigenvalue weighted by Crippen LogP contribution is -2.37. The molecule has 1 aliphatic rings. The highest BCUT2D eigenvalue weighted by molar-refractivity contribution is 5.81. The number of phenolic OH excluding ortho intramolecular Hbond substituents is 1. The molecule has 2 N–H and O–H groups in total. The van der Waals surface area contributed by atoms with Crippen LogP contribution in [0.1, 0.15) is 11.1 Å². The molecule has 31 heavy (non-hydrogen) atoms. The minimum atomic E-state index is -0.376. The lowest BCUT2D eigenvalue weighted by Gasteiger charge is -2.29. The zero-order valence-electron chi connectivity index (χ0n) is 16.5. The largest absolute Gasteiger partial charge is 0.508 e. The van der Waals surface area contributed by atoms with Crippen LogP contribution >= 0.6 is 0 Å². The number of benzene rings is 2. The molecule has 0 aliphatic carbocycles. The molecule has 0 atom stereocenters. The Balaban J connectivity index is 1.72. The van der Waals surface area contributed by atoms with Gasteiger partial charge in [-0.05, 0) is 42.0 Å². The number of hydrogen-bond donors (Lipinski definition) is 2. The quantitative estimate of drug-likeness (QED) is 0.484. The first-order valence-electron chi connectivity index (χ1n) is 9.63. The SMILES string of the molecule is N#Cc1c(-c2ccc(F)cc2)nc(N/N=C/c2cccc(O)c2)nc1N1CCOCC1. The summed E-state index contributed by atoms with van der Waals surface area (Å²) in [6.45, 7) is 2.22. The van der Waals surface area contributed by atoms with E-state index in [0.29, 0.717) is 54.5 Å². The summed E-state index contributed by atoms with van der Waals surface area (Å²) in [6.07, 6.45) is 1.52. The lowest BCUT2D eigenvalue weighted by molar-refractivity contribution is 0.122. The normalized spacial score (nSPS) is 13.9. The molecule has 0 unspecified atom stereocenters. The third-order valence-corrected chi connectivity index (χ3v) is 4.68. The average molecular weight is 418 g/mol. The summed E-state index contributed by atoms with van der Waals surface area (Å²) in [6, 6.07) is 14.6. The number of rotatable bonds is 5. The second-order valence-electron chi connectivity index (χ2n) is 6.78. The van der Waals surface area contributed by atoms with Crippen molar-refractivity contribution in [2.45, 2.75) is 0 Å². The summed E-state index contributed by atoms with van der Waals surface area (Å²) >= 11 is 0. The van der Waals surface area contributed by atoms with Crippen molar-refractivity contribution in [2.24, 2.45) is 5.10 Å². The van der Waals surface area contributed by atoms with Crippen LogP contribution in [0.3, 0.4) is 0 Å². The summed E-state index contributed by atoms with van der Waals surface area (Å²) in [5, 5.41) is 23.6. The van der Waals surface area contributed by atoms with Crippen molar-refractivity contribution in [3.05, 3.63) is 65.5 Å². The summed E-state index contributed by atoms with van der Waals surface area (Å²) in [7, 11) is 0. The third kappa shape index (κ3) is 4.76. The van der Waals surface area contributed by atoms with Gasteiger partial charge in [0.25, 0.3) is 0 Å². The van der Waals surface area contributed by atoms with Crippen LogP contribution < -0.4 is 10.3 Å². The molecule has 3 aromatic rings. The van der Waals surface area contributed by atoms with E-state index in [1.165, 1.54) is 18.3 Å². The summed E-state index contributed by atoms with van der Waals surface area (Å²) in [5.41, 5.74) is 4.76. The molecule has 0 bridgehead atoms. The van der Waals surface area contributed by atoms with Gasteiger partial charge in [-0.15, -0.1) is 0 Å². The molecule has 1 aromatic heterocycles. The molecule has 2 aromatic carbocycles. The number of hydrogen-bond acceptors (Lipinski definition) is 8. The van der Waals surface area contributed by atoms with Crippen LogP contribution in [0.4, 0.5) is 16.2 Å². The van der Waals surface area contributed by atoms with Crippen molar-refractivity contribution in [3.8, 4) is 23.1 Å². The van der Waals surface area contributed by atoms with E-state index in [4.69, 9.17) is 4.74 Å². The Morgan fingerprint density at radius 3 is 2.65 bits per heavy atom. The Morgan fingerprint density at radius 1 is 1.16 bits per heavy atom. The molecule has 1 saturated heterocycles. The predicted molar refractivity (Wildman–Crippen MR) is 114 cm³/mol. The maximum Gasteiger partial charge on any atom is 0.246 e. The lowest BCUT2D eigenvalue weighted by atomic mass is 10.1. The fourth-order valence-corrected chi connectivity index (χ4v) is 3.19. The first-order chi connectivity index (χ1) is 15.1. The Morgan fingerprint density at radius 2 is 1.94 bits per heavy atom. The monoisotopic (exact) mass is 418 g/mol. The van der Waals surface area contributed by atoms with Crippen LogP contribution in [-0.2, 0) is 4.74 Å². The van der Waals surface area contributed by atoms with Gasteiger partial charge in [0.1, 0.15) is 23.2 Å². The minimum Gasteiger partial charge on any atom is -0.508 e. The molecule has 0 amide bonds. The highest BCUT2D eigenvalue weighted by Crippen LogP contribution is 2.30. The van der Waals surface area contributed by atoms with Gasteiger partial charge in [-0.3, -0.25) is 0 Å². The van der Waals surface area contributed by atoms with Crippen molar-refractivity contribution in [1.82, 2.24) is 9.97 Å². The number of nitrogens with zero attached hydrogens (tertiary/aromatic N) is 5. The zero-order chi connectivity index (χ0) is 21.6. The fraction of sp³-hybridized carbons (Fsp3) is 0.182. The predicted octanol–water partition coefficient (Wildman–Crippen LogP) is 3.14. The van der Waals surface area contributed by atoms with Gasteiger partial charge < -0.3 is 14.7 Å². The molecular formula is C22H19FN6O2. The van der Waals surface area contributed by atoms with Crippen LogP contribution in [0, 0.1) is 17.1 Å². The number of anilines is 2. The number of hydrazone groups is 1. The number of nitriles is 1. The van der Waals surface area contributed by atoms with Crippen molar-refractivity contribution in [1.29, 1.82) is 5.26 Å². The molecule has 156 valence electrons. The first kappa shape index (κ1) is 20.3. The highest BCUT2D eigenvalue weighted by atomic mass is 19.1. The molecule has 4 rings (SSSR count). The van der Waals surface area contributed by atoms with Gasteiger partial charge in [0.05, 0.1) is 25.1 Å². The zero-order valence-corrected chi connectivity index (χ0v) is 16.5.